The van der Waals surface area contributed by atoms with E-state index < -0.39 is 12.0 Å². The zero-order chi connectivity index (χ0) is 7.28. The number of hydrogen-bond acceptors (Lipinski definition) is 4. The third-order valence-corrected chi connectivity index (χ3v) is 0.951. The van der Waals surface area contributed by atoms with Crippen molar-refractivity contribution < 1.29 is 14.3 Å². The van der Waals surface area contributed by atoms with Crippen LogP contribution < -0.4 is 5.32 Å². The lowest BCUT2D eigenvalue weighted by Crippen LogP contribution is -2.32. The molecule has 0 aliphatic rings. The predicted molar refractivity (Wildman–Crippen MR) is 30.7 cm³/mol. The maximum Gasteiger partial charge on any atom is 0.330 e. The van der Waals surface area contributed by atoms with Gasteiger partial charge in [0.15, 0.2) is 0 Å². The molecule has 0 rings (SSSR count). The summed E-state index contributed by atoms with van der Waals surface area (Å²) >= 11 is 0. The van der Waals surface area contributed by atoms with Gasteiger partial charge in [0.1, 0.15) is 6.04 Å². The minimum Gasteiger partial charge on any atom is -0.394 e. The molecule has 0 saturated carbocycles. The molecule has 9 heavy (non-hydrogen) atoms. The van der Waals surface area contributed by atoms with Gasteiger partial charge in [-0.3, -0.25) is 4.79 Å². The van der Waals surface area contributed by atoms with Crippen molar-refractivity contribution in [3.63, 3.8) is 0 Å². The minimum absolute atomic E-state index is 0.121. The molecule has 0 aromatic rings. The predicted octanol–water partition coefficient (Wildman–Crippen LogP) is -0.706. The van der Waals surface area contributed by atoms with Crippen LogP contribution >= 0.6 is 0 Å². The standard InChI is InChI=1S/C5H9NO3/c1-4(6-2)5(8)9-3-7/h3-4,6H,1-2H3. The van der Waals surface area contributed by atoms with Gasteiger partial charge in [0, 0.05) is 0 Å². The summed E-state index contributed by atoms with van der Waals surface area (Å²) in [6.45, 7) is 1.72. The number of rotatable bonds is 3. The van der Waals surface area contributed by atoms with Gasteiger partial charge in [0.05, 0.1) is 0 Å². The molecule has 0 aromatic heterocycles. The van der Waals surface area contributed by atoms with Gasteiger partial charge < -0.3 is 10.1 Å². The van der Waals surface area contributed by atoms with E-state index in [0.29, 0.717) is 0 Å². The summed E-state index contributed by atoms with van der Waals surface area (Å²) in [6.07, 6.45) is 0. The molecule has 4 heteroatoms. The second-order valence-electron chi connectivity index (χ2n) is 1.54. The van der Waals surface area contributed by atoms with Crippen LogP contribution in [0.4, 0.5) is 0 Å². The van der Waals surface area contributed by atoms with Crippen LogP contribution in [-0.4, -0.2) is 25.5 Å². The second kappa shape index (κ2) is 4.03. The Kier molecular flexibility index (Phi) is 3.62. The fourth-order valence-electron chi connectivity index (χ4n) is 0.267. The van der Waals surface area contributed by atoms with E-state index in [0.717, 1.165) is 0 Å². The van der Waals surface area contributed by atoms with Crippen LogP contribution in [0.15, 0.2) is 0 Å². The molecule has 52 valence electrons. The van der Waals surface area contributed by atoms with Crippen molar-refractivity contribution in [3.05, 3.63) is 0 Å². The molecule has 0 amide bonds. The van der Waals surface area contributed by atoms with E-state index in [-0.39, 0.29) is 6.47 Å². The Balaban J connectivity index is 3.58. The first-order valence-corrected chi connectivity index (χ1v) is 2.53. The Morgan fingerprint density at radius 3 is 2.67 bits per heavy atom. The van der Waals surface area contributed by atoms with E-state index in [1.54, 1.807) is 14.0 Å². The Morgan fingerprint density at radius 1 is 1.78 bits per heavy atom. The number of hydrogen-bond donors (Lipinski definition) is 1. The van der Waals surface area contributed by atoms with Crippen LogP contribution in [0.2, 0.25) is 0 Å². The monoisotopic (exact) mass is 131 g/mol. The van der Waals surface area contributed by atoms with Gasteiger partial charge in [-0.2, -0.15) is 0 Å². The van der Waals surface area contributed by atoms with Crippen molar-refractivity contribution in [3.8, 4) is 0 Å². The molecule has 0 aliphatic heterocycles. The fraction of sp³-hybridized carbons (Fsp3) is 0.600. The van der Waals surface area contributed by atoms with E-state index in [2.05, 4.69) is 10.1 Å². The largest absolute Gasteiger partial charge is 0.394 e. The number of likely N-dealkylation sites (N-methyl/N-ethyl adjacent to an activating group) is 1. The highest BCUT2D eigenvalue weighted by Gasteiger charge is 2.09. The lowest BCUT2D eigenvalue weighted by molar-refractivity contribution is -0.152. The average molecular weight is 131 g/mol. The van der Waals surface area contributed by atoms with Crippen LogP contribution in [0.1, 0.15) is 6.92 Å². The molecule has 0 aliphatic carbocycles. The van der Waals surface area contributed by atoms with E-state index in [9.17, 15) is 9.59 Å². The maximum absolute atomic E-state index is 10.5. The first-order chi connectivity index (χ1) is 4.22. The van der Waals surface area contributed by atoms with Gasteiger partial charge in [0.2, 0.25) is 0 Å². The van der Waals surface area contributed by atoms with E-state index >= 15 is 0 Å². The zero-order valence-corrected chi connectivity index (χ0v) is 5.38. The lowest BCUT2D eigenvalue weighted by Gasteiger charge is -2.03. The molecule has 0 aromatic carbocycles. The van der Waals surface area contributed by atoms with E-state index in [1.165, 1.54) is 0 Å². The van der Waals surface area contributed by atoms with Gasteiger partial charge in [0.25, 0.3) is 0 Å². The topological polar surface area (TPSA) is 55.4 Å². The molecule has 4 nitrogen and oxygen atoms in total. The van der Waals surface area contributed by atoms with Crippen molar-refractivity contribution in [2.75, 3.05) is 7.05 Å². The van der Waals surface area contributed by atoms with Gasteiger partial charge in [-0.25, -0.2) is 4.79 Å². The molecule has 0 saturated heterocycles. The Bertz CT molecular complexity index is 113. The summed E-state index contributed by atoms with van der Waals surface area (Å²) in [5.74, 6) is -0.562. The van der Waals surface area contributed by atoms with Crippen LogP contribution in [0.3, 0.4) is 0 Å². The van der Waals surface area contributed by atoms with Gasteiger partial charge in [-0.05, 0) is 14.0 Å². The lowest BCUT2D eigenvalue weighted by atomic mass is 10.4. The zero-order valence-electron chi connectivity index (χ0n) is 5.38. The molecule has 1 atom stereocenters. The SMILES string of the molecule is CNC(C)C(=O)OC=O. The van der Waals surface area contributed by atoms with Crippen LogP contribution in [-0.2, 0) is 14.3 Å². The first kappa shape index (κ1) is 8.10. The fourth-order valence-corrected chi connectivity index (χ4v) is 0.267. The summed E-state index contributed by atoms with van der Waals surface area (Å²) in [7, 11) is 1.61. The molecule has 0 heterocycles. The smallest absolute Gasteiger partial charge is 0.330 e. The highest BCUT2D eigenvalue weighted by atomic mass is 16.6. The average Bonchev–Trinajstić information content (AvgIpc) is 1.87. The van der Waals surface area contributed by atoms with Gasteiger partial charge >= 0.3 is 12.4 Å². The van der Waals surface area contributed by atoms with Crippen LogP contribution in [0.5, 0.6) is 0 Å². The quantitative estimate of drug-likeness (QED) is 0.312. The third-order valence-electron chi connectivity index (χ3n) is 0.951. The Labute approximate surface area is 53.2 Å². The van der Waals surface area contributed by atoms with Gasteiger partial charge in [-0.15, -0.1) is 0 Å². The summed E-state index contributed by atoms with van der Waals surface area (Å²) in [6, 6.07) is -0.421. The maximum atomic E-state index is 10.5. The molecule has 0 fully saturated rings. The van der Waals surface area contributed by atoms with Crippen molar-refractivity contribution in [1.29, 1.82) is 0 Å². The summed E-state index contributed by atoms with van der Waals surface area (Å²) < 4.78 is 4.01. The number of esters is 1. The van der Waals surface area contributed by atoms with Crippen LogP contribution in [0, 0.1) is 0 Å². The second-order valence-corrected chi connectivity index (χ2v) is 1.54. The summed E-state index contributed by atoms with van der Waals surface area (Å²) in [5, 5.41) is 2.62. The number of nitrogens with one attached hydrogen (secondary N) is 1. The molecular formula is C5H9NO3. The van der Waals surface area contributed by atoms with Crippen molar-refractivity contribution in [2.24, 2.45) is 0 Å². The first-order valence-electron chi connectivity index (χ1n) is 2.53. The van der Waals surface area contributed by atoms with Crippen molar-refractivity contribution in [1.82, 2.24) is 5.32 Å². The minimum atomic E-state index is -0.562. The van der Waals surface area contributed by atoms with Crippen molar-refractivity contribution >= 4 is 12.4 Å². The molecule has 0 spiro atoms. The van der Waals surface area contributed by atoms with E-state index in [1.807, 2.05) is 0 Å². The normalized spacial score (nSPS) is 12.2. The molecule has 0 radical (unpaired) electrons. The number of carbonyl (C=O) groups is 2. The molecule has 1 N–H and O–H groups in total. The van der Waals surface area contributed by atoms with Crippen LogP contribution in [0.25, 0.3) is 0 Å². The summed E-state index contributed by atoms with van der Waals surface area (Å²) in [4.78, 5) is 20.0. The molecule has 1 unspecified atom stereocenters. The van der Waals surface area contributed by atoms with Gasteiger partial charge in [-0.1, -0.05) is 0 Å². The number of ether oxygens (including phenoxy) is 1. The third kappa shape index (κ3) is 2.81. The Hall–Kier alpha value is -0.900. The highest BCUT2D eigenvalue weighted by molar-refractivity contribution is 5.80. The summed E-state index contributed by atoms with van der Waals surface area (Å²) in [5.41, 5.74) is 0. The Morgan fingerprint density at radius 2 is 2.33 bits per heavy atom. The van der Waals surface area contributed by atoms with Crippen molar-refractivity contribution in [2.45, 2.75) is 13.0 Å². The molecule has 0 bridgehead atoms. The van der Waals surface area contributed by atoms with E-state index in [4.69, 9.17) is 0 Å². The number of carbonyl (C=O) groups excluding carboxylic acids is 2. The highest BCUT2D eigenvalue weighted by Crippen LogP contribution is 1.81. The molecular weight excluding hydrogens is 122 g/mol.